The van der Waals surface area contributed by atoms with Gasteiger partial charge in [0.05, 0.1) is 18.2 Å². The summed E-state index contributed by atoms with van der Waals surface area (Å²) in [4.78, 5) is 30.9. The highest BCUT2D eigenvalue weighted by Crippen LogP contribution is 2.28. The van der Waals surface area contributed by atoms with Crippen molar-refractivity contribution < 1.29 is 9.59 Å². The molecule has 1 aromatic heterocycles. The van der Waals surface area contributed by atoms with Crippen LogP contribution in [-0.4, -0.2) is 39.4 Å². The van der Waals surface area contributed by atoms with E-state index < -0.39 is 0 Å². The Morgan fingerprint density at radius 1 is 1.33 bits per heavy atom. The van der Waals surface area contributed by atoms with Gasteiger partial charge in [-0.2, -0.15) is 0 Å². The highest BCUT2D eigenvalue weighted by atomic mass is 16.2. The molecule has 0 saturated heterocycles. The van der Waals surface area contributed by atoms with Crippen molar-refractivity contribution in [2.45, 2.75) is 65.0 Å². The number of fused-ring (bicyclic) bond motifs is 1. The van der Waals surface area contributed by atoms with Crippen LogP contribution in [0.15, 0.2) is 6.20 Å². The standard InChI is InChI=1S/C18H28N4O2/c1-3-4-5-17(24)22-9-8-21-12-15(20-18(21)13(22)2)10-16(23)19-11-14-6-7-14/h12-14H,3-11H2,1-2H3,(H,19,23)/t13-/m0/s1. The maximum Gasteiger partial charge on any atom is 0.226 e. The van der Waals surface area contributed by atoms with Gasteiger partial charge in [-0.1, -0.05) is 13.3 Å². The molecule has 132 valence electrons. The smallest absolute Gasteiger partial charge is 0.226 e. The second-order valence-electron chi connectivity index (χ2n) is 7.07. The summed E-state index contributed by atoms with van der Waals surface area (Å²) in [6, 6.07) is -0.0219. The third-order valence-corrected chi connectivity index (χ3v) is 4.97. The first-order chi connectivity index (χ1) is 11.6. The van der Waals surface area contributed by atoms with Crippen molar-refractivity contribution in [3.8, 4) is 0 Å². The molecule has 3 rings (SSSR count). The lowest BCUT2D eigenvalue weighted by atomic mass is 10.1. The minimum Gasteiger partial charge on any atom is -0.355 e. The number of unbranched alkanes of at least 4 members (excludes halogenated alkanes) is 1. The van der Waals surface area contributed by atoms with Crippen LogP contribution in [0.4, 0.5) is 0 Å². The molecule has 0 aromatic carbocycles. The Balaban J connectivity index is 1.60. The molecule has 0 bridgehead atoms. The summed E-state index contributed by atoms with van der Waals surface area (Å²) in [5.74, 6) is 1.84. The number of carbonyl (C=O) groups excluding carboxylic acids is 2. The number of amides is 2. The largest absolute Gasteiger partial charge is 0.355 e. The Kier molecular flexibility index (Phi) is 5.21. The van der Waals surface area contributed by atoms with E-state index in [4.69, 9.17) is 0 Å². The molecule has 6 nitrogen and oxygen atoms in total. The van der Waals surface area contributed by atoms with Crippen molar-refractivity contribution in [2.24, 2.45) is 5.92 Å². The Labute approximate surface area is 143 Å². The number of hydrogen-bond acceptors (Lipinski definition) is 3. The van der Waals surface area contributed by atoms with Crippen molar-refractivity contribution in [1.29, 1.82) is 0 Å². The van der Waals surface area contributed by atoms with Crippen LogP contribution in [0.1, 0.15) is 63.5 Å². The second kappa shape index (κ2) is 7.36. The number of nitrogens with one attached hydrogen (secondary N) is 1. The number of nitrogens with zero attached hydrogens (tertiary/aromatic N) is 3. The summed E-state index contributed by atoms with van der Waals surface area (Å²) in [5, 5.41) is 2.98. The monoisotopic (exact) mass is 332 g/mol. The van der Waals surface area contributed by atoms with E-state index in [-0.39, 0.29) is 17.9 Å². The van der Waals surface area contributed by atoms with Crippen LogP contribution >= 0.6 is 0 Å². The predicted molar refractivity (Wildman–Crippen MR) is 91.3 cm³/mol. The van der Waals surface area contributed by atoms with Gasteiger partial charge < -0.3 is 14.8 Å². The fraction of sp³-hybridized carbons (Fsp3) is 0.722. The SMILES string of the molecule is CCCCC(=O)N1CCn2cc(CC(=O)NCC3CC3)nc2[C@@H]1C. The summed E-state index contributed by atoms with van der Waals surface area (Å²) in [7, 11) is 0. The highest BCUT2D eigenvalue weighted by molar-refractivity contribution is 5.78. The lowest BCUT2D eigenvalue weighted by molar-refractivity contribution is -0.134. The summed E-state index contributed by atoms with van der Waals surface area (Å²) >= 11 is 0. The van der Waals surface area contributed by atoms with Gasteiger partial charge in [0.15, 0.2) is 0 Å². The molecular weight excluding hydrogens is 304 g/mol. The zero-order chi connectivity index (χ0) is 17.1. The van der Waals surface area contributed by atoms with Gasteiger partial charge in [0.2, 0.25) is 11.8 Å². The summed E-state index contributed by atoms with van der Waals surface area (Å²) < 4.78 is 2.10. The molecule has 2 aliphatic rings. The Bertz CT molecular complexity index is 606. The minimum absolute atomic E-state index is 0.0219. The van der Waals surface area contributed by atoms with Gasteiger partial charge >= 0.3 is 0 Å². The Morgan fingerprint density at radius 3 is 2.83 bits per heavy atom. The van der Waals surface area contributed by atoms with E-state index in [0.29, 0.717) is 18.8 Å². The summed E-state index contributed by atoms with van der Waals surface area (Å²) in [5.41, 5.74) is 0.799. The predicted octanol–water partition coefficient (Wildman–Crippen LogP) is 2.05. The molecule has 1 aliphatic heterocycles. The summed E-state index contributed by atoms with van der Waals surface area (Å²) in [6.45, 7) is 6.40. The quantitative estimate of drug-likeness (QED) is 0.831. The molecule has 1 atom stereocenters. The van der Waals surface area contributed by atoms with E-state index >= 15 is 0 Å². The van der Waals surface area contributed by atoms with Crippen molar-refractivity contribution in [3.05, 3.63) is 17.7 Å². The zero-order valence-corrected chi connectivity index (χ0v) is 14.8. The van der Waals surface area contributed by atoms with E-state index in [0.717, 1.165) is 44.0 Å². The molecule has 1 aromatic rings. The van der Waals surface area contributed by atoms with Gasteiger partial charge in [-0.3, -0.25) is 9.59 Å². The number of imidazole rings is 1. The molecule has 0 spiro atoms. The molecule has 2 heterocycles. The average Bonchev–Trinajstić information content (AvgIpc) is 3.30. The van der Waals surface area contributed by atoms with Crippen LogP contribution in [0.25, 0.3) is 0 Å². The first kappa shape index (κ1) is 17.0. The molecule has 1 fully saturated rings. The number of hydrogen-bond donors (Lipinski definition) is 1. The van der Waals surface area contributed by atoms with E-state index in [2.05, 4.69) is 21.8 Å². The van der Waals surface area contributed by atoms with Gasteiger partial charge in [0.1, 0.15) is 5.82 Å². The first-order valence-corrected chi connectivity index (χ1v) is 9.20. The molecule has 0 unspecified atom stereocenters. The van der Waals surface area contributed by atoms with Crippen molar-refractivity contribution in [3.63, 3.8) is 0 Å². The van der Waals surface area contributed by atoms with Gasteiger partial charge in [-0.05, 0) is 32.1 Å². The van der Waals surface area contributed by atoms with Gasteiger partial charge in [0, 0.05) is 32.3 Å². The van der Waals surface area contributed by atoms with Crippen molar-refractivity contribution in [2.75, 3.05) is 13.1 Å². The van der Waals surface area contributed by atoms with Gasteiger partial charge in [0.25, 0.3) is 0 Å². The first-order valence-electron chi connectivity index (χ1n) is 9.20. The van der Waals surface area contributed by atoms with Crippen LogP contribution in [0.5, 0.6) is 0 Å². The van der Waals surface area contributed by atoms with E-state index in [1.807, 2.05) is 18.0 Å². The normalized spacial score (nSPS) is 19.9. The number of carbonyl (C=O) groups is 2. The van der Waals surface area contributed by atoms with Crippen LogP contribution < -0.4 is 5.32 Å². The van der Waals surface area contributed by atoms with Crippen LogP contribution in [0.3, 0.4) is 0 Å². The molecular formula is C18H28N4O2. The molecule has 1 aliphatic carbocycles. The molecule has 1 N–H and O–H groups in total. The van der Waals surface area contributed by atoms with Gasteiger partial charge in [-0.15, -0.1) is 0 Å². The fourth-order valence-electron chi connectivity index (χ4n) is 3.25. The highest BCUT2D eigenvalue weighted by Gasteiger charge is 2.29. The van der Waals surface area contributed by atoms with Crippen LogP contribution in [0, 0.1) is 5.92 Å². The lowest BCUT2D eigenvalue weighted by Crippen LogP contribution is -2.41. The minimum atomic E-state index is -0.0219. The van der Waals surface area contributed by atoms with Crippen molar-refractivity contribution in [1.82, 2.24) is 19.8 Å². The Morgan fingerprint density at radius 2 is 2.12 bits per heavy atom. The molecule has 2 amide bonds. The average molecular weight is 332 g/mol. The maximum atomic E-state index is 12.3. The second-order valence-corrected chi connectivity index (χ2v) is 7.07. The Hall–Kier alpha value is -1.85. The zero-order valence-electron chi connectivity index (χ0n) is 14.8. The molecule has 6 heteroatoms. The third-order valence-electron chi connectivity index (χ3n) is 4.97. The number of aromatic nitrogens is 2. The lowest BCUT2D eigenvalue weighted by Gasteiger charge is -2.33. The van der Waals surface area contributed by atoms with E-state index in [1.165, 1.54) is 12.8 Å². The van der Waals surface area contributed by atoms with Crippen LogP contribution in [-0.2, 0) is 22.6 Å². The molecule has 1 saturated carbocycles. The summed E-state index contributed by atoms with van der Waals surface area (Å²) in [6.07, 6.45) is 7.33. The third kappa shape index (κ3) is 3.97. The molecule has 24 heavy (non-hydrogen) atoms. The maximum absolute atomic E-state index is 12.3. The van der Waals surface area contributed by atoms with Crippen LogP contribution in [0.2, 0.25) is 0 Å². The molecule has 0 radical (unpaired) electrons. The van der Waals surface area contributed by atoms with E-state index in [1.54, 1.807) is 0 Å². The topological polar surface area (TPSA) is 67.2 Å². The van der Waals surface area contributed by atoms with Gasteiger partial charge in [-0.25, -0.2) is 4.98 Å². The van der Waals surface area contributed by atoms with Crippen molar-refractivity contribution >= 4 is 11.8 Å². The number of rotatable bonds is 7. The van der Waals surface area contributed by atoms with E-state index in [9.17, 15) is 9.59 Å². The fourth-order valence-corrected chi connectivity index (χ4v) is 3.25.